The molecule has 0 fully saturated rings. The Morgan fingerprint density at radius 2 is 0.816 bits per heavy atom. The van der Waals surface area contributed by atoms with Crippen molar-refractivity contribution in [3.63, 3.8) is 0 Å². The number of hydrogen-bond acceptors (Lipinski definition) is 0. The Morgan fingerprint density at radius 3 is 1.13 bits per heavy atom. The topological polar surface area (TPSA) is 4.44 Å². The predicted molar refractivity (Wildman–Crippen MR) is 168 cm³/mol. The largest absolute Gasteiger partial charge is 0.307 e. The number of nitrogens with one attached hydrogen (secondary N) is 1. The minimum Gasteiger partial charge on any atom is -0.307 e. The van der Waals surface area contributed by atoms with Gasteiger partial charge in [-0.3, -0.25) is 0 Å². The van der Waals surface area contributed by atoms with Gasteiger partial charge in [0.25, 0.3) is 0 Å². The van der Waals surface area contributed by atoms with Crippen molar-refractivity contribution in [2.45, 2.75) is 13.8 Å². The molecule has 0 aromatic heterocycles. The third kappa shape index (κ3) is 6.22. The monoisotopic (exact) mass is 495 g/mol. The average Bonchev–Trinajstić information content (AvgIpc) is 2.97. The molecule has 0 unspecified atom stereocenters. The van der Waals surface area contributed by atoms with Crippen LogP contribution in [0, 0.1) is 0 Å². The molecule has 5 aromatic rings. The van der Waals surface area contributed by atoms with Crippen molar-refractivity contribution in [1.82, 2.24) is 0 Å². The molecule has 0 aliphatic carbocycles. The lowest BCUT2D eigenvalue weighted by Crippen LogP contribution is -3.00. The van der Waals surface area contributed by atoms with Gasteiger partial charge in [-0.2, -0.15) is 21.9 Å². The summed E-state index contributed by atoms with van der Waals surface area (Å²) in [4.78, 5) is 1.37. The predicted octanol–water partition coefficient (Wildman–Crippen LogP) is 4.95. The molecule has 0 saturated heterocycles. The summed E-state index contributed by atoms with van der Waals surface area (Å²) in [5, 5.41) is 0. The van der Waals surface area contributed by atoms with Gasteiger partial charge in [0.05, 0.1) is 14.1 Å². The average molecular weight is 496 g/mol. The Balaban J connectivity index is 0.000000317. The molecule has 0 aliphatic heterocycles. The Labute approximate surface area is 229 Å². The first-order valence-corrected chi connectivity index (χ1v) is 13.4. The molecule has 0 amide bonds. The molecule has 0 spiro atoms. The Hall–Kier alpha value is -4.14. The lowest BCUT2D eigenvalue weighted by molar-refractivity contribution is -0.786. The summed E-state index contributed by atoms with van der Waals surface area (Å²) in [7, 11) is 4.24. The fourth-order valence-corrected chi connectivity index (χ4v) is 5.37. The van der Waals surface area contributed by atoms with E-state index in [1.807, 2.05) is 6.07 Å². The summed E-state index contributed by atoms with van der Waals surface area (Å²) < 4.78 is 0. The van der Waals surface area contributed by atoms with Crippen LogP contribution in [0.1, 0.15) is 19.4 Å². The lowest BCUT2D eigenvalue weighted by atomic mass is 9.13. The van der Waals surface area contributed by atoms with Crippen molar-refractivity contribution in [3.8, 4) is 0 Å². The molecule has 1 nitrogen and oxygen atoms in total. The molecular formula is C36H38BN. The maximum atomic E-state index is 2.31. The summed E-state index contributed by atoms with van der Waals surface area (Å²) >= 11 is 0. The number of quaternary nitrogens is 1. The summed E-state index contributed by atoms with van der Waals surface area (Å²) in [6, 6.07) is 52.3. The van der Waals surface area contributed by atoms with E-state index >= 15 is 0 Å². The van der Waals surface area contributed by atoms with Gasteiger partial charge in [-0.15, -0.1) is 0 Å². The third-order valence-electron chi connectivity index (χ3n) is 7.14. The second kappa shape index (κ2) is 12.9. The van der Waals surface area contributed by atoms with Crippen LogP contribution in [0.3, 0.4) is 0 Å². The van der Waals surface area contributed by atoms with Crippen LogP contribution < -0.4 is 26.8 Å². The Morgan fingerprint density at radius 1 is 0.474 bits per heavy atom. The summed E-state index contributed by atoms with van der Waals surface area (Å²) in [6.45, 7) is 4.28. The highest BCUT2D eigenvalue weighted by atomic mass is 15.1. The molecule has 0 radical (unpaired) electrons. The fraction of sp³-hybridized carbons (Fsp3) is 0.111. The van der Waals surface area contributed by atoms with E-state index in [-0.39, 0.29) is 0 Å². The molecule has 190 valence electrons. The lowest BCUT2D eigenvalue weighted by Gasteiger charge is -2.44. The van der Waals surface area contributed by atoms with E-state index < -0.39 is 6.15 Å². The van der Waals surface area contributed by atoms with Gasteiger partial charge in [0.1, 0.15) is 11.8 Å². The van der Waals surface area contributed by atoms with Crippen LogP contribution >= 0.6 is 0 Å². The minimum atomic E-state index is -1.27. The molecule has 0 heterocycles. The normalized spacial score (nSPS) is 10.9. The van der Waals surface area contributed by atoms with Gasteiger partial charge in [0.15, 0.2) is 0 Å². The van der Waals surface area contributed by atoms with Crippen LogP contribution in [0.5, 0.6) is 0 Å². The molecule has 5 aromatic carbocycles. The second-order valence-electron chi connectivity index (χ2n) is 10.4. The maximum absolute atomic E-state index is 2.31. The number of para-hydroxylation sites is 1. The second-order valence-corrected chi connectivity index (χ2v) is 10.4. The molecule has 0 bridgehead atoms. The SMILES string of the molecule is CC(C)=Cc1ccc([B-](c2ccccc2)(c2ccccc2)c2ccccc2)cc1.C[NH+](C)c1ccccc1. The van der Waals surface area contributed by atoms with Crippen molar-refractivity contribution in [2.24, 2.45) is 0 Å². The first-order valence-electron chi connectivity index (χ1n) is 13.4. The zero-order valence-electron chi connectivity index (χ0n) is 23.0. The standard InChI is InChI=1S/C28H26B.C8H11N/c1-23(2)22-24-18-20-28(21-19-24)29(25-12-6-3-7-13-25,26-14-8-4-9-15-26)27-16-10-5-11-17-27;1-9(2)8-6-4-3-5-7-8/h3-22H,1-2H3;3-7H,1-2H3/q-1;/p+1. The van der Waals surface area contributed by atoms with Crippen LogP contribution in [0.2, 0.25) is 0 Å². The van der Waals surface area contributed by atoms with E-state index in [2.05, 4.69) is 174 Å². The third-order valence-corrected chi connectivity index (χ3v) is 7.14. The Kier molecular flexibility index (Phi) is 9.14. The quantitative estimate of drug-likeness (QED) is 0.318. The van der Waals surface area contributed by atoms with Crippen molar-refractivity contribution in [3.05, 3.63) is 157 Å². The van der Waals surface area contributed by atoms with Crippen molar-refractivity contribution in [2.75, 3.05) is 14.1 Å². The molecule has 0 atom stereocenters. The van der Waals surface area contributed by atoms with Gasteiger partial charge < -0.3 is 4.90 Å². The van der Waals surface area contributed by atoms with Crippen LogP contribution in [-0.4, -0.2) is 20.2 Å². The van der Waals surface area contributed by atoms with Gasteiger partial charge >= 0.3 is 0 Å². The van der Waals surface area contributed by atoms with Crippen LogP contribution in [0.25, 0.3) is 6.08 Å². The highest BCUT2D eigenvalue weighted by Gasteiger charge is 2.31. The molecule has 1 N–H and O–H groups in total. The van der Waals surface area contributed by atoms with Gasteiger partial charge in [-0.05, 0) is 31.5 Å². The van der Waals surface area contributed by atoms with Gasteiger partial charge in [-0.1, -0.05) is 145 Å². The first-order chi connectivity index (χ1) is 18.5. The number of allylic oxidation sites excluding steroid dienone is 1. The van der Waals surface area contributed by atoms with Crippen LogP contribution in [-0.2, 0) is 0 Å². The van der Waals surface area contributed by atoms with Gasteiger partial charge in [0, 0.05) is 0 Å². The Bertz CT molecular complexity index is 1310. The molecule has 38 heavy (non-hydrogen) atoms. The van der Waals surface area contributed by atoms with Crippen LogP contribution in [0.15, 0.2) is 151 Å². The van der Waals surface area contributed by atoms with E-state index in [9.17, 15) is 0 Å². The van der Waals surface area contributed by atoms with E-state index in [4.69, 9.17) is 0 Å². The van der Waals surface area contributed by atoms with Gasteiger partial charge in [-0.25, -0.2) is 0 Å². The molecule has 0 aliphatic rings. The molecule has 0 saturated carbocycles. The smallest absolute Gasteiger partial charge is 0.130 e. The highest BCUT2D eigenvalue weighted by molar-refractivity contribution is 7.19. The first kappa shape index (κ1) is 26.9. The molecule has 2 heteroatoms. The molecular weight excluding hydrogens is 457 g/mol. The van der Waals surface area contributed by atoms with Crippen molar-refractivity contribution in [1.29, 1.82) is 0 Å². The number of rotatable bonds is 6. The van der Waals surface area contributed by atoms with Crippen molar-refractivity contribution < 1.29 is 4.90 Å². The zero-order valence-corrected chi connectivity index (χ0v) is 23.0. The summed E-state index contributed by atoms with van der Waals surface area (Å²) in [5.41, 5.74) is 9.22. The molecule has 5 rings (SSSR count). The number of hydrogen-bond donors (Lipinski definition) is 1. The maximum Gasteiger partial charge on any atom is 0.130 e. The van der Waals surface area contributed by atoms with E-state index in [0.717, 1.165) is 0 Å². The van der Waals surface area contributed by atoms with E-state index in [0.29, 0.717) is 0 Å². The summed E-state index contributed by atoms with van der Waals surface area (Å²) in [5.74, 6) is 0. The number of benzene rings is 5. The highest BCUT2D eigenvalue weighted by Crippen LogP contribution is 2.12. The van der Waals surface area contributed by atoms with E-state index in [1.54, 1.807) is 0 Å². The van der Waals surface area contributed by atoms with E-state index in [1.165, 1.54) is 43.6 Å². The summed E-state index contributed by atoms with van der Waals surface area (Å²) in [6.07, 6.45) is 0.953. The minimum absolute atomic E-state index is 1.24. The van der Waals surface area contributed by atoms with Crippen molar-refractivity contribution >= 4 is 39.8 Å². The van der Waals surface area contributed by atoms with Crippen LogP contribution in [0.4, 0.5) is 5.69 Å². The van der Waals surface area contributed by atoms with Gasteiger partial charge in [0.2, 0.25) is 0 Å². The zero-order chi connectivity index (χ0) is 26.8. The fourth-order valence-electron chi connectivity index (χ4n) is 5.37.